The number of rotatable bonds is 3. The third kappa shape index (κ3) is 2.86. The van der Waals surface area contributed by atoms with E-state index in [1.165, 1.54) is 6.26 Å². The average molecular weight is 284 g/mol. The Balaban J connectivity index is 1.60. The molecule has 0 aliphatic carbocycles. The van der Waals surface area contributed by atoms with Gasteiger partial charge in [0, 0.05) is 37.0 Å². The fourth-order valence-corrected chi connectivity index (χ4v) is 2.65. The number of Topliss-reactive ketones (excluding diaryl/α,β-unsaturated/α-hetero) is 1. The SMILES string of the molecule is O=C(c1cccnc1)C1CCN(C(=O)c2ccco2)CC1. The van der Waals surface area contributed by atoms with Crippen LogP contribution in [0, 0.1) is 5.92 Å². The van der Waals surface area contributed by atoms with Gasteiger partial charge in [0.1, 0.15) is 0 Å². The molecular weight excluding hydrogens is 268 g/mol. The van der Waals surface area contributed by atoms with Crippen LogP contribution in [0.15, 0.2) is 47.3 Å². The smallest absolute Gasteiger partial charge is 0.289 e. The van der Waals surface area contributed by atoms with Gasteiger partial charge in [0.25, 0.3) is 5.91 Å². The van der Waals surface area contributed by atoms with Crippen LogP contribution in [0.5, 0.6) is 0 Å². The molecule has 3 rings (SSSR count). The van der Waals surface area contributed by atoms with Gasteiger partial charge in [-0.3, -0.25) is 14.6 Å². The molecular formula is C16H16N2O3. The zero-order chi connectivity index (χ0) is 14.7. The number of carbonyl (C=O) groups excluding carboxylic acids is 2. The quantitative estimate of drug-likeness (QED) is 0.812. The lowest BCUT2D eigenvalue weighted by molar-refractivity contribution is 0.0624. The van der Waals surface area contributed by atoms with Crippen LogP contribution >= 0.6 is 0 Å². The summed E-state index contributed by atoms with van der Waals surface area (Å²) in [5, 5.41) is 0. The van der Waals surface area contributed by atoms with Crippen LogP contribution in [0.2, 0.25) is 0 Å². The van der Waals surface area contributed by atoms with Gasteiger partial charge in [0.15, 0.2) is 11.5 Å². The Morgan fingerprint density at radius 1 is 1.19 bits per heavy atom. The summed E-state index contributed by atoms with van der Waals surface area (Å²) in [5.74, 6) is 0.336. The molecule has 0 radical (unpaired) electrons. The van der Waals surface area contributed by atoms with E-state index in [2.05, 4.69) is 4.98 Å². The summed E-state index contributed by atoms with van der Waals surface area (Å²) >= 11 is 0. The predicted octanol–water partition coefficient (Wildman–Crippen LogP) is 2.41. The molecule has 2 aromatic heterocycles. The van der Waals surface area contributed by atoms with E-state index < -0.39 is 0 Å². The first-order valence-electron chi connectivity index (χ1n) is 7.03. The van der Waals surface area contributed by atoms with Crippen molar-refractivity contribution in [1.29, 1.82) is 0 Å². The summed E-state index contributed by atoms with van der Waals surface area (Å²) in [6, 6.07) is 6.92. The normalized spacial score (nSPS) is 15.9. The monoisotopic (exact) mass is 284 g/mol. The van der Waals surface area contributed by atoms with Gasteiger partial charge in [-0.1, -0.05) is 0 Å². The molecule has 0 saturated carbocycles. The molecule has 1 aliphatic rings. The molecule has 21 heavy (non-hydrogen) atoms. The second-order valence-electron chi connectivity index (χ2n) is 5.15. The van der Waals surface area contributed by atoms with Gasteiger partial charge in [-0.05, 0) is 37.1 Å². The fraction of sp³-hybridized carbons (Fsp3) is 0.312. The highest BCUT2D eigenvalue weighted by Crippen LogP contribution is 2.22. The van der Waals surface area contributed by atoms with Crippen LogP contribution in [0.3, 0.4) is 0 Å². The largest absolute Gasteiger partial charge is 0.459 e. The third-order valence-electron chi connectivity index (χ3n) is 3.83. The molecule has 0 unspecified atom stereocenters. The number of hydrogen-bond donors (Lipinski definition) is 0. The third-order valence-corrected chi connectivity index (χ3v) is 3.83. The fourth-order valence-electron chi connectivity index (χ4n) is 2.65. The van der Waals surface area contributed by atoms with Crippen LogP contribution in [-0.4, -0.2) is 34.7 Å². The van der Waals surface area contributed by atoms with E-state index in [0.717, 1.165) is 0 Å². The van der Waals surface area contributed by atoms with Crippen LogP contribution in [0.4, 0.5) is 0 Å². The van der Waals surface area contributed by atoms with E-state index in [1.807, 2.05) is 0 Å². The van der Waals surface area contributed by atoms with E-state index in [1.54, 1.807) is 41.6 Å². The Hall–Kier alpha value is -2.43. The highest BCUT2D eigenvalue weighted by Gasteiger charge is 2.29. The molecule has 2 aromatic rings. The first-order valence-corrected chi connectivity index (χ1v) is 7.03. The first kappa shape index (κ1) is 13.5. The summed E-state index contributed by atoms with van der Waals surface area (Å²) in [4.78, 5) is 30.2. The first-order chi connectivity index (χ1) is 10.3. The van der Waals surface area contributed by atoms with Crippen molar-refractivity contribution in [3.05, 3.63) is 54.2 Å². The predicted molar refractivity (Wildman–Crippen MR) is 75.9 cm³/mol. The van der Waals surface area contributed by atoms with Gasteiger partial charge in [-0.15, -0.1) is 0 Å². The second kappa shape index (κ2) is 5.91. The van der Waals surface area contributed by atoms with Crippen LogP contribution in [0.25, 0.3) is 0 Å². The van der Waals surface area contributed by atoms with Crippen molar-refractivity contribution in [2.75, 3.05) is 13.1 Å². The molecule has 1 fully saturated rings. The number of hydrogen-bond acceptors (Lipinski definition) is 4. The Labute approximate surface area is 122 Å². The van der Waals surface area contributed by atoms with Crippen LogP contribution in [0.1, 0.15) is 33.8 Å². The Bertz CT molecular complexity index is 614. The Morgan fingerprint density at radius 2 is 2.00 bits per heavy atom. The standard InChI is InChI=1S/C16H16N2O3/c19-15(13-3-1-7-17-11-13)12-5-8-18(9-6-12)16(20)14-4-2-10-21-14/h1-4,7,10-12H,5-6,8-9H2. The summed E-state index contributed by atoms with van der Waals surface area (Å²) in [7, 11) is 0. The highest BCUT2D eigenvalue weighted by molar-refractivity contribution is 5.98. The van der Waals surface area contributed by atoms with Crippen molar-refractivity contribution in [3.8, 4) is 0 Å². The van der Waals surface area contributed by atoms with Crippen LogP contribution < -0.4 is 0 Å². The summed E-state index contributed by atoms with van der Waals surface area (Å²) < 4.78 is 5.13. The van der Waals surface area contributed by atoms with Gasteiger partial charge in [0.05, 0.1) is 6.26 Å². The topological polar surface area (TPSA) is 63.4 Å². The number of piperidine rings is 1. The number of nitrogens with zero attached hydrogens (tertiary/aromatic N) is 2. The minimum absolute atomic E-state index is 0.0325. The molecule has 1 amide bonds. The van der Waals surface area contributed by atoms with Gasteiger partial charge < -0.3 is 9.32 Å². The zero-order valence-corrected chi connectivity index (χ0v) is 11.6. The van der Waals surface area contributed by atoms with E-state index >= 15 is 0 Å². The number of pyridine rings is 1. The number of ketones is 1. The van der Waals surface area contributed by atoms with Crippen molar-refractivity contribution < 1.29 is 14.0 Å². The zero-order valence-electron chi connectivity index (χ0n) is 11.6. The molecule has 0 bridgehead atoms. The summed E-state index contributed by atoms with van der Waals surface area (Å²) in [6.07, 6.45) is 6.11. The Kier molecular flexibility index (Phi) is 3.81. The molecule has 1 aliphatic heterocycles. The van der Waals surface area contributed by atoms with E-state index in [9.17, 15) is 9.59 Å². The van der Waals surface area contributed by atoms with E-state index in [0.29, 0.717) is 37.3 Å². The maximum Gasteiger partial charge on any atom is 0.289 e. The van der Waals surface area contributed by atoms with Crippen molar-refractivity contribution >= 4 is 11.7 Å². The maximum atomic E-state index is 12.3. The molecule has 1 saturated heterocycles. The van der Waals surface area contributed by atoms with Crippen LogP contribution in [-0.2, 0) is 0 Å². The average Bonchev–Trinajstić information content (AvgIpc) is 3.09. The van der Waals surface area contributed by atoms with E-state index in [4.69, 9.17) is 4.42 Å². The number of likely N-dealkylation sites (tertiary alicyclic amines) is 1. The van der Waals surface area contributed by atoms with Gasteiger partial charge in [-0.25, -0.2) is 0 Å². The summed E-state index contributed by atoms with van der Waals surface area (Å²) in [6.45, 7) is 1.16. The molecule has 108 valence electrons. The lowest BCUT2D eigenvalue weighted by Gasteiger charge is -2.30. The second-order valence-corrected chi connectivity index (χ2v) is 5.15. The number of carbonyl (C=O) groups is 2. The maximum absolute atomic E-state index is 12.3. The van der Waals surface area contributed by atoms with Crippen molar-refractivity contribution in [2.24, 2.45) is 5.92 Å². The van der Waals surface area contributed by atoms with Crippen molar-refractivity contribution in [2.45, 2.75) is 12.8 Å². The minimum Gasteiger partial charge on any atom is -0.459 e. The molecule has 5 heteroatoms. The van der Waals surface area contributed by atoms with Gasteiger partial charge in [-0.2, -0.15) is 0 Å². The molecule has 3 heterocycles. The van der Waals surface area contributed by atoms with Crippen molar-refractivity contribution in [3.63, 3.8) is 0 Å². The number of amides is 1. The van der Waals surface area contributed by atoms with Gasteiger partial charge in [0.2, 0.25) is 0 Å². The highest BCUT2D eigenvalue weighted by atomic mass is 16.3. The van der Waals surface area contributed by atoms with E-state index in [-0.39, 0.29) is 17.6 Å². The molecule has 0 N–H and O–H groups in total. The van der Waals surface area contributed by atoms with Crippen molar-refractivity contribution in [1.82, 2.24) is 9.88 Å². The van der Waals surface area contributed by atoms with Gasteiger partial charge >= 0.3 is 0 Å². The lowest BCUT2D eigenvalue weighted by atomic mass is 9.89. The number of furan rings is 1. The number of aromatic nitrogens is 1. The molecule has 0 spiro atoms. The molecule has 0 aromatic carbocycles. The Morgan fingerprint density at radius 3 is 2.62 bits per heavy atom. The molecule has 5 nitrogen and oxygen atoms in total. The molecule has 0 atom stereocenters. The summed E-state index contributed by atoms with van der Waals surface area (Å²) in [5.41, 5.74) is 0.647. The minimum atomic E-state index is -0.104. The lowest BCUT2D eigenvalue weighted by Crippen LogP contribution is -2.40.